The van der Waals surface area contributed by atoms with Gasteiger partial charge in [0.1, 0.15) is 11.5 Å². The van der Waals surface area contributed by atoms with Crippen LogP contribution in [0.2, 0.25) is 0 Å². The Morgan fingerprint density at radius 3 is 2.33 bits per heavy atom. The lowest BCUT2D eigenvalue weighted by Gasteiger charge is -2.08. The maximum absolute atomic E-state index is 13.6. The van der Waals surface area contributed by atoms with E-state index in [0.29, 0.717) is 11.3 Å². The maximum atomic E-state index is 13.6. The fraction of sp³-hybridized carbons (Fsp3) is 0. The molecule has 0 aliphatic rings. The molecule has 0 saturated carbocycles. The molecule has 2 N–H and O–H groups in total. The molecule has 27 heavy (non-hydrogen) atoms. The van der Waals surface area contributed by atoms with Crippen LogP contribution in [0.15, 0.2) is 48.8 Å². The summed E-state index contributed by atoms with van der Waals surface area (Å²) in [5, 5.41) is 13.8. The Bertz CT molecular complexity index is 1030. The number of rotatable bonds is 4. The van der Waals surface area contributed by atoms with Gasteiger partial charge in [0.05, 0.1) is 29.7 Å². The number of anilines is 3. The molecule has 0 bridgehead atoms. The molecule has 134 valence electrons. The molecule has 2 aromatic carbocycles. The molecule has 3 rings (SSSR count). The number of carbonyl (C=O) groups excluding carboxylic acids is 1. The Hall–Kier alpha value is -3.93. The Morgan fingerprint density at radius 2 is 1.70 bits per heavy atom. The van der Waals surface area contributed by atoms with Gasteiger partial charge in [-0.25, -0.2) is 23.1 Å². The number of carbonyl (C=O) groups is 1. The van der Waals surface area contributed by atoms with Gasteiger partial charge in [-0.3, -0.25) is 4.79 Å². The summed E-state index contributed by atoms with van der Waals surface area (Å²) < 4.78 is 39.8. The molecule has 0 aliphatic carbocycles. The summed E-state index contributed by atoms with van der Waals surface area (Å²) >= 11 is 0. The van der Waals surface area contributed by atoms with Crippen molar-refractivity contribution >= 4 is 23.1 Å². The number of nitrogens with one attached hydrogen (secondary N) is 2. The van der Waals surface area contributed by atoms with E-state index in [4.69, 9.17) is 5.26 Å². The van der Waals surface area contributed by atoms with Gasteiger partial charge in [0.15, 0.2) is 17.5 Å². The van der Waals surface area contributed by atoms with Crippen molar-refractivity contribution in [2.24, 2.45) is 0 Å². The Morgan fingerprint density at radius 1 is 0.963 bits per heavy atom. The van der Waals surface area contributed by atoms with Crippen LogP contribution in [0.25, 0.3) is 0 Å². The van der Waals surface area contributed by atoms with E-state index in [1.807, 2.05) is 6.07 Å². The van der Waals surface area contributed by atoms with E-state index in [1.54, 1.807) is 24.3 Å². The summed E-state index contributed by atoms with van der Waals surface area (Å²) in [7, 11) is 0. The fourth-order valence-electron chi connectivity index (χ4n) is 2.09. The highest BCUT2D eigenvalue weighted by Crippen LogP contribution is 2.22. The molecule has 1 aromatic heterocycles. The molecule has 0 unspecified atom stereocenters. The highest BCUT2D eigenvalue weighted by Gasteiger charge is 2.14. The van der Waals surface area contributed by atoms with Crippen molar-refractivity contribution < 1.29 is 18.0 Å². The second-order valence-corrected chi connectivity index (χ2v) is 5.28. The van der Waals surface area contributed by atoms with Crippen LogP contribution in [0.1, 0.15) is 16.1 Å². The van der Waals surface area contributed by atoms with Gasteiger partial charge >= 0.3 is 0 Å². The minimum atomic E-state index is -1.61. The Labute approximate surface area is 151 Å². The number of hydrogen-bond donors (Lipinski definition) is 2. The quantitative estimate of drug-likeness (QED) is 0.684. The average Bonchev–Trinajstić information content (AvgIpc) is 2.69. The van der Waals surface area contributed by atoms with Gasteiger partial charge < -0.3 is 10.6 Å². The van der Waals surface area contributed by atoms with Crippen LogP contribution < -0.4 is 10.6 Å². The van der Waals surface area contributed by atoms with Gasteiger partial charge in [-0.2, -0.15) is 5.26 Å². The van der Waals surface area contributed by atoms with Crippen molar-refractivity contribution in [2.45, 2.75) is 0 Å². The van der Waals surface area contributed by atoms with Gasteiger partial charge in [0, 0.05) is 5.69 Å². The average molecular weight is 369 g/mol. The zero-order chi connectivity index (χ0) is 19.4. The van der Waals surface area contributed by atoms with E-state index >= 15 is 0 Å². The second-order valence-electron chi connectivity index (χ2n) is 5.28. The second kappa shape index (κ2) is 7.53. The normalized spacial score (nSPS) is 10.1. The molecule has 0 saturated heterocycles. The molecule has 0 aliphatic heterocycles. The minimum Gasteiger partial charge on any atom is -0.336 e. The van der Waals surface area contributed by atoms with E-state index < -0.39 is 23.4 Å². The Balaban J connectivity index is 1.70. The highest BCUT2D eigenvalue weighted by atomic mass is 19.2. The van der Waals surface area contributed by atoms with Crippen LogP contribution in [0.3, 0.4) is 0 Å². The lowest BCUT2D eigenvalue weighted by molar-refractivity contribution is 0.102. The summed E-state index contributed by atoms with van der Waals surface area (Å²) in [5.74, 6) is -4.81. The molecule has 0 radical (unpaired) electrons. The summed E-state index contributed by atoms with van der Waals surface area (Å²) in [5.41, 5.74) is 0.577. The molecular formula is C18H10F3N5O. The SMILES string of the molecule is N#Cc1ccc(NC(=O)c2cnc(Nc3ccc(F)c(F)c3F)cn2)cc1. The van der Waals surface area contributed by atoms with E-state index in [0.717, 1.165) is 24.5 Å². The third-order valence-corrected chi connectivity index (χ3v) is 3.45. The lowest BCUT2D eigenvalue weighted by atomic mass is 10.2. The molecule has 1 amide bonds. The number of nitriles is 1. The highest BCUT2D eigenvalue weighted by molar-refractivity contribution is 6.02. The molecule has 1 heterocycles. The van der Waals surface area contributed by atoms with E-state index in [1.165, 1.54) is 0 Å². The standard InChI is InChI=1S/C18H10F3N5O/c19-12-5-6-13(17(21)16(12)20)26-15-9-23-14(8-24-15)18(27)25-11-3-1-10(7-22)2-4-11/h1-6,8-9H,(H,24,26)(H,25,27). The first-order valence-corrected chi connectivity index (χ1v) is 7.52. The van der Waals surface area contributed by atoms with E-state index in [9.17, 15) is 18.0 Å². The van der Waals surface area contributed by atoms with Crippen molar-refractivity contribution in [3.63, 3.8) is 0 Å². The van der Waals surface area contributed by atoms with Crippen LogP contribution in [-0.2, 0) is 0 Å². The summed E-state index contributed by atoms with van der Waals surface area (Å²) in [6.45, 7) is 0. The predicted molar refractivity (Wildman–Crippen MR) is 90.7 cm³/mol. The number of benzene rings is 2. The van der Waals surface area contributed by atoms with Crippen LogP contribution in [-0.4, -0.2) is 15.9 Å². The number of halogens is 3. The molecule has 0 spiro atoms. The first-order valence-electron chi connectivity index (χ1n) is 7.52. The van der Waals surface area contributed by atoms with Crippen LogP contribution in [0.5, 0.6) is 0 Å². The van der Waals surface area contributed by atoms with E-state index in [-0.39, 0.29) is 17.2 Å². The number of aromatic nitrogens is 2. The van der Waals surface area contributed by atoms with Crippen molar-refractivity contribution in [2.75, 3.05) is 10.6 Å². The van der Waals surface area contributed by atoms with E-state index in [2.05, 4.69) is 20.6 Å². The first-order chi connectivity index (χ1) is 13.0. The number of amides is 1. The summed E-state index contributed by atoms with van der Waals surface area (Å²) in [6.07, 6.45) is 2.29. The van der Waals surface area contributed by atoms with Crippen LogP contribution >= 0.6 is 0 Å². The molecule has 3 aromatic rings. The molecule has 0 atom stereocenters. The molecule has 6 nitrogen and oxygen atoms in total. The fourth-order valence-corrected chi connectivity index (χ4v) is 2.09. The van der Waals surface area contributed by atoms with Crippen molar-refractivity contribution in [3.05, 3.63) is 77.5 Å². The van der Waals surface area contributed by atoms with Gasteiger partial charge in [-0.05, 0) is 36.4 Å². The molecular weight excluding hydrogens is 359 g/mol. The number of hydrogen-bond acceptors (Lipinski definition) is 5. The molecule has 9 heteroatoms. The monoisotopic (exact) mass is 369 g/mol. The third-order valence-electron chi connectivity index (χ3n) is 3.45. The maximum Gasteiger partial charge on any atom is 0.275 e. The number of nitrogens with zero attached hydrogens (tertiary/aromatic N) is 3. The lowest BCUT2D eigenvalue weighted by Crippen LogP contribution is -2.14. The first kappa shape index (κ1) is 17.9. The molecule has 0 fully saturated rings. The third kappa shape index (κ3) is 4.01. The van der Waals surface area contributed by atoms with Crippen molar-refractivity contribution in [1.82, 2.24) is 9.97 Å². The van der Waals surface area contributed by atoms with Gasteiger partial charge in [-0.15, -0.1) is 0 Å². The Kier molecular flexibility index (Phi) is 4.99. The zero-order valence-corrected chi connectivity index (χ0v) is 13.5. The van der Waals surface area contributed by atoms with Gasteiger partial charge in [-0.1, -0.05) is 0 Å². The van der Waals surface area contributed by atoms with Crippen LogP contribution in [0.4, 0.5) is 30.4 Å². The topological polar surface area (TPSA) is 90.7 Å². The predicted octanol–water partition coefficient (Wildman–Crippen LogP) is 3.76. The summed E-state index contributed by atoms with van der Waals surface area (Å²) in [4.78, 5) is 19.9. The summed E-state index contributed by atoms with van der Waals surface area (Å²) in [6, 6.07) is 9.96. The van der Waals surface area contributed by atoms with Crippen molar-refractivity contribution in [1.29, 1.82) is 5.26 Å². The largest absolute Gasteiger partial charge is 0.336 e. The van der Waals surface area contributed by atoms with Crippen LogP contribution in [0, 0.1) is 28.8 Å². The zero-order valence-electron chi connectivity index (χ0n) is 13.5. The smallest absolute Gasteiger partial charge is 0.275 e. The van der Waals surface area contributed by atoms with Crippen molar-refractivity contribution in [3.8, 4) is 6.07 Å². The van der Waals surface area contributed by atoms with Gasteiger partial charge in [0.2, 0.25) is 0 Å². The minimum absolute atomic E-state index is 0.0179. The van der Waals surface area contributed by atoms with Gasteiger partial charge in [0.25, 0.3) is 5.91 Å².